The number of nitrogens with zero attached hydrogens (tertiary/aromatic N) is 2. The number of nitrogen functional groups attached to an aromatic ring is 1. The summed E-state index contributed by atoms with van der Waals surface area (Å²) in [7, 11) is 0. The average Bonchev–Trinajstić information content (AvgIpc) is 3.16. The Bertz CT molecular complexity index is 572. The van der Waals surface area contributed by atoms with Crippen LogP contribution in [0.1, 0.15) is 29.3 Å². The molecular weight excluding hydrogens is 312 g/mol. The normalized spacial score (nSPS) is 14.8. The topological polar surface area (TPSA) is 63.8 Å². The van der Waals surface area contributed by atoms with Crippen molar-refractivity contribution >= 4 is 33.1 Å². The van der Waals surface area contributed by atoms with Crippen molar-refractivity contribution in [3.63, 3.8) is 0 Å². The third-order valence-corrected chi connectivity index (χ3v) is 5.10. The standard InChI is InChI=1S/C12H13BrN4S/c1-6-8(13)4-10(18-6)12-15-9(7-2-3-7)5-11(16-12)17-14/h4-5,7H,2-3,14H2,1H3,(H,15,16,17). The summed E-state index contributed by atoms with van der Waals surface area (Å²) in [6.45, 7) is 2.07. The number of anilines is 1. The highest BCUT2D eigenvalue weighted by Gasteiger charge is 2.26. The summed E-state index contributed by atoms with van der Waals surface area (Å²) in [6.07, 6.45) is 2.43. The van der Waals surface area contributed by atoms with Crippen molar-refractivity contribution in [3.05, 3.63) is 27.2 Å². The first-order chi connectivity index (χ1) is 8.67. The Morgan fingerprint density at radius 2 is 2.17 bits per heavy atom. The van der Waals surface area contributed by atoms with E-state index in [1.807, 2.05) is 6.07 Å². The maximum atomic E-state index is 5.48. The van der Waals surface area contributed by atoms with E-state index in [4.69, 9.17) is 5.84 Å². The molecule has 0 bridgehead atoms. The molecule has 1 aliphatic rings. The molecule has 2 heterocycles. The Labute approximate surface area is 118 Å². The van der Waals surface area contributed by atoms with Crippen molar-refractivity contribution in [1.29, 1.82) is 0 Å². The summed E-state index contributed by atoms with van der Waals surface area (Å²) >= 11 is 5.21. The van der Waals surface area contributed by atoms with Crippen molar-refractivity contribution in [2.24, 2.45) is 5.84 Å². The number of hydrogen-bond acceptors (Lipinski definition) is 5. The number of nitrogens with two attached hydrogens (primary N) is 1. The molecule has 0 saturated heterocycles. The largest absolute Gasteiger partial charge is 0.308 e. The van der Waals surface area contributed by atoms with Gasteiger partial charge in [0.1, 0.15) is 5.82 Å². The lowest BCUT2D eigenvalue weighted by Gasteiger charge is -2.05. The third-order valence-electron chi connectivity index (χ3n) is 2.97. The predicted molar refractivity (Wildman–Crippen MR) is 77.6 cm³/mol. The zero-order chi connectivity index (χ0) is 12.7. The Kier molecular flexibility index (Phi) is 3.09. The van der Waals surface area contributed by atoms with Crippen molar-refractivity contribution in [3.8, 4) is 10.7 Å². The molecule has 6 heteroatoms. The quantitative estimate of drug-likeness (QED) is 0.670. The van der Waals surface area contributed by atoms with E-state index in [2.05, 4.69) is 44.3 Å². The smallest absolute Gasteiger partial charge is 0.171 e. The van der Waals surface area contributed by atoms with E-state index in [0.29, 0.717) is 11.7 Å². The van der Waals surface area contributed by atoms with Crippen LogP contribution in [0.25, 0.3) is 10.7 Å². The first-order valence-electron chi connectivity index (χ1n) is 5.79. The fourth-order valence-corrected chi connectivity index (χ4v) is 3.28. The van der Waals surface area contributed by atoms with E-state index in [9.17, 15) is 0 Å². The van der Waals surface area contributed by atoms with Crippen LogP contribution in [0.15, 0.2) is 16.6 Å². The molecule has 94 valence electrons. The lowest BCUT2D eigenvalue weighted by molar-refractivity contribution is 0.993. The fraction of sp³-hybridized carbons (Fsp3) is 0.333. The van der Waals surface area contributed by atoms with Crippen LogP contribution in [0.2, 0.25) is 0 Å². The highest BCUT2D eigenvalue weighted by atomic mass is 79.9. The third kappa shape index (κ3) is 2.28. The van der Waals surface area contributed by atoms with Crippen molar-refractivity contribution < 1.29 is 0 Å². The Balaban J connectivity index is 2.07. The second-order valence-electron chi connectivity index (χ2n) is 4.44. The van der Waals surface area contributed by atoms with Crippen molar-refractivity contribution in [2.75, 3.05) is 5.43 Å². The van der Waals surface area contributed by atoms with Crippen LogP contribution in [0.4, 0.5) is 5.82 Å². The van der Waals surface area contributed by atoms with Crippen LogP contribution >= 0.6 is 27.3 Å². The summed E-state index contributed by atoms with van der Waals surface area (Å²) in [4.78, 5) is 11.4. The Morgan fingerprint density at radius 1 is 1.39 bits per heavy atom. The molecule has 0 spiro atoms. The summed E-state index contributed by atoms with van der Waals surface area (Å²) in [5.41, 5.74) is 3.72. The first kappa shape index (κ1) is 12.1. The summed E-state index contributed by atoms with van der Waals surface area (Å²) in [6, 6.07) is 4.00. The molecule has 2 aromatic heterocycles. The zero-order valence-corrected chi connectivity index (χ0v) is 12.3. The molecule has 18 heavy (non-hydrogen) atoms. The van der Waals surface area contributed by atoms with Crippen LogP contribution in [0, 0.1) is 6.92 Å². The van der Waals surface area contributed by atoms with Gasteiger partial charge in [-0.1, -0.05) is 0 Å². The lowest BCUT2D eigenvalue weighted by atomic mass is 10.2. The molecule has 0 atom stereocenters. The second-order valence-corrected chi connectivity index (χ2v) is 6.55. The Hall–Kier alpha value is -0.980. The minimum atomic E-state index is 0.586. The van der Waals surface area contributed by atoms with Gasteiger partial charge in [-0.15, -0.1) is 11.3 Å². The molecule has 0 aromatic carbocycles. The molecule has 0 unspecified atom stereocenters. The van der Waals surface area contributed by atoms with Crippen LogP contribution in [0.5, 0.6) is 0 Å². The van der Waals surface area contributed by atoms with Gasteiger partial charge in [-0.05, 0) is 41.8 Å². The van der Waals surface area contributed by atoms with Gasteiger partial charge in [-0.25, -0.2) is 15.8 Å². The molecule has 1 aliphatic carbocycles. The number of nitrogens with one attached hydrogen (secondary N) is 1. The number of rotatable bonds is 3. The lowest BCUT2D eigenvalue weighted by Crippen LogP contribution is -2.10. The maximum Gasteiger partial charge on any atom is 0.171 e. The van der Waals surface area contributed by atoms with Gasteiger partial charge in [0.05, 0.1) is 4.88 Å². The molecule has 3 rings (SSSR count). The summed E-state index contributed by atoms with van der Waals surface area (Å²) < 4.78 is 1.10. The van der Waals surface area contributed by atoms with Gasteiger partial charge in [-0.2, -0.15) is 0 Å². The highest BCUT2D eigenvalue weighted by Crippen LogP contribution is 2.41. The van der Waals surface area contributed by atoms with Gasteiger partial charge in [0.2, 0.25) is 0 Å². The van der Waals surface area contributed by atoms with Gasteiger partial charge in [-0.3, -0.25) is 0 Å². The number of halogens is 1. The molecular formula is C12H13BrN4S. The summed E-state index contributed by atoms with van der Waals surface area (Å²) in [5, 5.41) is 0. The SMILES string of the molecule is Cc1sc(-c2nc(NN)cc(C3CC3)n2)cc1Br. The first-order valence-corrected chi connectivity index (χ1v) is 7.40. The number of aromatic nitrogens is 2. The van der Waals surface area contributed by atoms with Gasteiger partial charge in [0.15, 0.2) is 5.82 Å². The zero-order valence-electron chi connectivity index (χ0n) is 9.90. The molecule has 0 aliphatic heterocycles. The minimum Gasteiger partial charge on any atom is -0.308 e. The second kappa shape index (κ2) is 4.60. The molecule has 0 radical (unpaired) electrons. The molecule has 1 saturated carbocycles. The van der Waals surface area contributed by atoms with E-state index >= 15 is 0 Å². The number of thiophene rings is 1. The molecule has 3 N–H and O–H groups in total. The highest BCUT2D eigenvalue weighted by molar-refractivity contribution is 9.10. The van der Waals surface area contributed by atoms with Crippen LogP contribution < -0.4 is 11.3 Å². The van der Waals surface area contributed by atoms with E-state index < -0.39 is 0 Å². The van der Waals surface area contributed by atoms with Gasteiger partial charge in [0.25, 0.3) is 0 Å². The fourth-order valence-electron chi connectivity index (χ4n) is 1.81. The van der Waals surface area contributed by atoms with Crippen LogP contribution in [0.3, 0.4) is 0 Å². The predicted octanol–water partition coefficient (Wildman–Crippen LogP) is 3.44. The Morgan fingerprint density at radius 3 is 2.72 bits per heavy atom. The number of aryl methyl sites for hydroxylation is 1. The number of hydrogen-bond donors (Lipinski definition) is 2. The van der Waals surface area contributed by atoms with E-state index in [0.717, 1.165) is 20.9 Å². The van der Waals surface area contributed by atoms with Crippen molar-refractivity contribution in [1.82, 2.24) is 9.97 Å². The van der Waals surface area contributed by atoms with Crippen LogP contribution in [-0.4, -0.2) is 9.97 Å². The maximum absolute atomic E-state index is 5.48. The summed E-state index contributed by atoms with van der Waals surface area (Å²) in [5.74, 6) is 7.50. The van der Waals surface area contributed by atoms with E-state index in [-0.39, 0.29) is 0 Å². The van der Waals surface area contributed by atoms with Crippen molar-refractivity contribution in [2.45, 2.75) is 25.7 Å². The minimum absolute atomic E-state index is 0.586. The molecule has 0 amide bonds. The van der Waals surface area contributed by atoms with Gasteiger partial charge >= 0.3 is 0 Å². The monoisotopic (exact) mass is 324 g/mol. The van der Waals surface area contributed by atoms with Gasteiger partial charge < -0.3 is 5.43 Å². The average molecular weight is 325 g/mol. The molecule has 4 nitrogen and oxygen atoms in total. The molecule has 1 fully saturated rings. The van der Waals surface area contributed by atoms with Crippen LogP contribution in [-0.2, 0) is 0 Å². The van der Waals surface area contributed by atoms with E-state index in [1.54, 1.807) is 11.3 Å². The molecule has 2 aromatic rings. The van der Waals surface area contributed by atoms with E-state index in [1.165, 1.54) is 17.7 Å². The number of hydrazine groups is 1. The van der Waals surface area contributed by atoms with Gasteiger partial charge in [0, 0.05) is 27.0 Å².